The van der Waals surface area contributed by atoms with Gasteiger partial charge in [0.25, 0.3) is 5.91 Å². The van der Waals surface area contributed by atoms with E-state index in [1.165, 1.54) is 0 Å². The molecule has 1 aromatic heterocycles. The average molecular weight is 460 g/mol. The second-order valence-corrected chi connectivity index (χ2v) is 9.04. The molecule has 0 saturated carbocycles. The van der Waals surface area contributed by atoms with Crippen LogP contribution < -0.4 is 10.6 Å². The van der Waals surface area contributed by atoms with Crippen LogP contribution >= 0.6 is 0 Å². The minimum absolute atomic E-state index is 0.198. The van der Waals surface area contributed by atoms with Gasteiger partial charge in [0.15, 0.2) is 5.69 Å². The van der Waals surface area contributed by atoms with Gasteiger partial charge in [0.05, 0.1) is 24.3 Å². The summed E-state index contributed by atoms with van der Waals surface area (Å²) in [6, 6.07) is 8.50. The minimum atomic E-state index is -1.38. The Morgan fingerprint density at radius 1 is 1.18 bits per heavy atom. The molecule has 0 radical (unpaired) electrons. The van der Waals surface area contributed by atoms with Crippen molar-refractivity contribution in [2.75, 3.05) is 13.2 Å². The Hall–Kier alpha value is -3.00. The number of nitriles is 1. The van der Waals surface area contributed by atoms with Gasteiger partial charge in [-0.1, -0.05) is 39.0 Å². The molecule has 3 unspecified atom stereocenters. The normalized spacial score (nSPS) is 14.3. The molecule has 5 N–H and O–H groups in total. The first kappa shape index (κ1) is 26.3. The highest BCUT2D eigenvalue weighted by atomic mass is 16.4. The SMILES string of the molecule is CC(C)(C)C(NC(=O)c1nn(CCCCC#N)c2ccccc12)C(=O)NCC(O)C(O)CO. The third kappa shape index (κ3) is 6.99. The van der Waals surface area contributed by atoms with Crippen molar-refractivity contribution in [1.29, 1.82) is 5.26 Å². The van der Waals surface area contributed by atoms with Crippen molar-refractivity contribution in [2.24, 2.45) is 5.41 Å². The Morgan fingerprint density at radius 3 is 2.52 bits per heavy atom. The van der Waals surface area contributed by atoms with Gasteiger partial charge in [-0.3, -0.25) is 14.3 Å². The summed E-state index contributed by atoms with van der Waals surface area (Å²) >= 11 is 0. The van der Waals surface area contributed by atoms with E-state index in [9.17, 15) is 19.8 Å². The highest BCUT2D eigenvalue weighted by Gasteiger charge is 2.34. The van der Waals surface area contributed by atoms with Gasteiger partial charge < -0.3 is 26.0 Å². The Bertz CT molecular complexity index is 991. The number of amides is 2. The molecule has 33 heavy (non-hydrogen) atoms. The van der Waals surface area contributed by atoms with E-state index in [0.717, 1.165) is 18.4 Å². The third-order valence-electron chi connectivity index (χ3n) is 5.30. The summed E-state index contributed by atoms with van der Waals surface area (Å²) in [7, 11) is 0. The number of aliphatic hydroxyl groups excluding tert-OH is 3. The molecule has 0 fully saturated rings. The van der Waals surface area contributed by atoms with Crippen LogP contribution in [0.15, 0.2) is 24.3 Å². The highest BCUT2D eigenvalue weighted by Crippen LogP contribution is 2.23. The van der Waals surface area contributed by atoms with E-state index < -0.39 is 42.1 Å². The Morgan fingerprint density at radius 2 is 1.88 bits per heavy atom. The molecule has 0 saturated heterocycles. The van der Waals surface area contributed by atoms with Gasteiger partial charge in [0.2, 0.25) is 5.91 Å². The lowest BCUT2D eigenvalue weighted by atomic mass is 9.86. The molecule has 2 aromatic rings. The molecule has 2 rings (SSSR count). The zero-order valence-corrected chi connectivity index (χ0v) is 19.3. The van der Waals surface area contributed by atoms with Crippen LogP contribution in [0.4, 0.5) is 0 Å². The number of hydrogen-bond donors (Lipinski definition) is 5. The van der Waals surface area contributed by atoms with Crippen LogP contribution in [0.1, 0.15) is 50.5 Å². The van der Waals surface area contributed by atoms with Gasteiger partial charge in [0.1, 0.15) is 12.1 Å². The van der Waals surface area contributed by atoms with Crippen LogP contribution in [-0.2, 0) is 11.3 Å². The maximum Gasteiger partial charge on any atom is 0.273 e. The number of aryl methyl sites for hydroxylation is 1. The van der Waals surface area contributed by atoms with Gasteiger partial charge in [-0.15, -0.1) is 0 Å². The van der Waals surface area contributed by atoms with Gasteiger partial charge in [-0.2, -0.15) is 10.4 Å². The summed E-state index contributed by atoms with van der Waals surface area (Å²) < 4.78 is 1.74. The number of hydrogen-bond acceptors (Lipinski definition) is 7. The van der Waals surface area contributed by atoms with Crippen LogP contribution in [0.3, 0.4) is 0 Å². The molecule has 0 aliphatic carbocycles. The molecule has 0 bridgehead atoms. The fourth-order valence-corrected chi connectivity index (χ4v) is 3.37. The number of benzene rings is 1. The number of aromatic nitrogens is 2. The number of nitrogens with one attached hydrogen (secondary N) is 2. The number of para-hydroxylation sites is 1. The fourth-order valence-electron chi connectivity index (χ4n) is 3.37. The number of unbranched alkanes of at least 4 members (excludes halogenated alkanes) is 2. The van der Waals surface area contributed by atoms with Gasteiger partial charge in [-0.25, -0.2) is 0 Å². The Kier molecular flexibility index (Phi) is 9.34. The summed E-state index contributed by atoms with van der Waals surface area (Å²) in [5.74, 6) is -1.03. The van der Waals surface area contributed by atoms with E-state index in [1.807, 2.05) is 18.2 Å². The van der Waals surface area contributed by atoms with Crippen molar-refractivity contribution in [1.82, 2.24) is 20.4 Å². The minimum Gasteiger partial charge on any atom is -0.394 e. The summed E-state index contributed by atoms with van der Waals surface area (Å²) in [6.07, 6.45) is -0.781. The van der Waals surface area contributed by atoms with E-state index in [0.29, 0.717) is 18.4 Å². The van der Waals surface area contributed by atoms with Gasteiger partial charge in [0, 0.05) is 24.9 Å². The van der Waals surface area contributed by atoms with Gasteiger partial charge in [-0.05, 0) is 24.3 Å². The molecule has 3 atom stereocenters. The first-order chi connectivity index (χ1) is 15.6. The number of rotatable bonds is 11. The molecule has 1 heterocycles. The number of fused-ring (bicyclic) bond motifs is 1. The number of carbonyl (C=O) groups excluding carboxylic acids is 2. The van der Waals surface area contributed by atoms with Crippen LogP contribution in [0, 0.1) is 16.7 Å². The van der Waals surface area contributed by atoms with Crippen LogP contribution in [-0.4, -0.2) is 68.3 Å². The topological polar surface area (TPSA) is 160 Å². The highest BCUT2D eigenvalue weighted by molar-refractivity contribution is 6.06. The summed E-state index contributed by atoms with van der Waals surface area (Å²) in [4.78, 5) is 26.0. The summed E-state index contributed by atoms with van der Waals surface area (Å²) in [5.41, 5.74) is 0.330. The molecule has 2 amide bonds. The molecule has 1 aromatic carbocycles. The zero-order chi connectivity index (χ0) is 24.6. The molecule has 0 aliphatic heterocycles. The fraction of sp³-hybridized carbons (Fsp3) is 0.565. The monoisotopic (exact) mass is 459 g/mol. The van der Waals surface area contributed by atoms with Crippen LogP contribution in [0.5, 0.6) is 0 Å². The zero-order valence-electron chi connectivity index (χ0n) is 19.3. The summed E-state index contributed by atoms with van der Waals surface area (Å²) in [6.45, 7) is 5.03. The quantitative estimate of drug-likeness (QED) is 0.309. The Balaban J connectivity index is 2.20. The second-order valence-electron chi connectivity index (χ2n) is 9.04. The maximum atomic E-state index is 13.2. The Labute approximate surface area is 193 Å². The van der Waals surface area contributed by atoms with Crippen LogP contribution in [0.25, 0.3) is 10.9 Å². The van der Waals surface area contributed by atoms with E-state index in [2.05, 4.69) is 21.8 Å². The standard InChI is InChI=1S/C23H33N5O5/c1-23(2,3)20(22(33)25-13-17(30)18(31)14-29)26-21(32)19-15-9-5-6-10-16(15)28(27-19)12-8-4-7-11-24/h5-6,9-10,17-18,20,29-31H,4,7-8,12-14H2,1-3H3,(H,25,33)(H,26,32). The molecule has 0 spiro atoms. The number of nitrogens with zero attached hydrogens (tertiary/aromatic N) is 3. The predicted octanol–water partition coefficient (Wildman–Crippen LogP) is 0.705. The molecular formula is C23H33N5O5. The molecule has 0 aliphatic rings. The lowest BCUT2D eigenvalue weighted by Gasteiger charge is -2.30. The maximum absolute atomic E-state index is 13.2. The summed E-state index contributed by atoms with van der Waals surface area (Å²) in [5, 5.41) is 47.3. The molecule has 10 heteroatoms. The van der Waals surface area contributed by atoms with Crippen molar-refractivity contribution in [3.05, 3.63) is 30.0 Å². The number of aliphatic hydroxyl groups is 3. The smallest absolute Gasteiger partial charge is 0.273 e. The third-order valence-corrected chi connectivity index (χ3v) is 5.30. The van der Waals surface area contributed by atoms with Crippen molar-refractivity contribution in [3.8, 4) is 6.07 Å². The first-order valence-electron chi connectivity index (χ1n) is 11.0. The van der Waals surface area contributed by atoms with E-state index in [4.69, 9.17) is 10.4 Å². The van der Waals surface area contributed by atoms with Crippen molar-refractivity contribution in [2.45, 2.75) is 64.8 Å². The second kappa shape index (κ2) is 11.7. The van der Waals surface area contributed by atoms with E-state index >= 15 is 0 Å². The number of carbonyl (C=O) groups is 2. The molecular weight excluding hydrogens is 426 g/mol. The van der Waals surface area contributed by atoms with E-state index in [-0.39, 0.29) is 12.2 Å². The van der Waals surface area contributed by atoms with Crippen molar-refractivity contribution in [3.63, 3.8) is 0 Å². The lowest BCUT2D eigenvalue weighted by Crippen LogP contribution is -2.55. The van der Waals surface area contributed by atoms with Crippen molar-refractivity contribution < 1.29 is 24.9 Å². The van der Waals surface area contributed by atoms with Gasteiger partial charge >= 0.3 is 0 Å². The van der Waals surface area contributed by atoms with Crippen molar-refractivity contribution >= 4 is 22.7 Å². The molecule has 180 valence electrons. The lowest BCUT2D eigenvalue weighted by molar-refractivity contribution is -0.126. The average Bonchev–Trinajstić information content (AvgIpc) is 3.15. The molecule has 10 nitrogen and oxygen atoms in total. The first-order valence-corrected chi connectivity index (χ1v) is 11.0. The largest absolute Gasteiger partial charge is 0.394 e. The predicted molar refractivity (Wildman–Crippen MR) is 122 cm³/mol. The van der Waals surface area contributed by atoms with Crippen LogP contribution in [0.2, 0.25) is 0 Å². The van der Waals surface area contributed by atoms with E-state index in [1.54, 1.807) is 31.5 Å².